The van der Waals surface area contributed by atoms with Crippen LogP contribution in [-0.2, 0) is 13.2 Å². The number of imidazole rings is 1. The van der Waals surface area contributed by atoms with Crippen LogP contribution in [0.4, 0.5) is 5.82 Å². The Morgan fingerprint density at radius 3 is 2.83 bits per heavy atom. The molecule has 0 aliphatic rings. The number of nitrogens with one attached hydrogen (secondary N) is 1. The molecule has 3 aromatic heterocycles. The van der Waals surface area contributed by atoms with Gasteiger partial charge in [0.25, 0.3) is 0 Å². The Morgan fingerprint density at radius 2 is 2.13 bits per heavy atom. The molecule has 0 bridgehead atoms. The van der Waals surface area contributed by atoms with Gasteiger partial charge in [0.2, 0.25) is 0 Å². The largest absolute Gasteiger partial charge is 0.388 e. The van der Waals surface area contributed by atoms with Gasteiger partial charge in [-0.25, -0.2) is 9.97 Å². The second-order valence-electron chi connectivity index (χ2n) is 6.03. The van der Waals surface area contributed by atoms with Gasteiger partial charge in [-0.2, -0.15) is 0 Å². The standard InChI is InChI=1S/C15H20N6OS/c1-15(2,20-23-3)8-21-10(7-22)19-12-13(21)11-9(18-14(12)16)5-4-6-17-11/h4-6,20,22H,7-8H2,1-3H3,(H2,16,18). The second kappa shape index (κ2) is 5.95. The molecule has 7 nitrogen and oxygen atoms in total. The highest BCUT2D eigenvalue weighted by Gasteiger charge is 2.24. The third kappa shape index (κ3) is 2.85. The van der Waals surface area contributed by atoms with Crippen molar-refractivity contribution in [3.63, 3.8) is 0 Å². The molecule has 3 heterocycles. The van der Waals surface area contributed by atoms with Gasteiger partial charge in [-0.1, -0.05) is 11.9 Å². The summed E-state index contributed by atoms with van der Waals surface area (Å²) in [6, 6.07) is 3.70. The zero-order valence-electron chi connectivity index (χ0n) is 13.4. The van der Waals surface area contributed by atoms with Gasteiger partial charge in [-0.15, -0.1) is 0 Å². The summed E-state index contributed by atoms with van der Waals surface area (Å²) >= 11 is 1.56. The first-order chi connectivity index (χ1) is 11.0. The normalized spacial score (nSPS) is 12.3. The van der Waals surface area contributed by atoms with E-state index in [1.807, 2.05) is 23.0 Å². The SMILES string of the molecule is CSNC(C)(C)Cn1c(CO)nc2c(N)nc3cccnc3c21. The summed E-state index contributed by atoms with van der Waals surface area (Å²) < 4.78 is 5.34. The highest BCUT2D eigenvalue weighted by atomic mass is 32.2. The van der Waals surface area contributed by atoms with Crippen molar-refractivity contribution >= 4 is 39.8 Å². The lowest BCUT2D eigenvalue weighted by atomic mass is 10.1. The number of aliphatic hydroxyl groups is 1. The van der Waals surface area contributed by atoms with E-state index in [2.05, 4.69) is 33.5 Å². The highest BCUT2D eigenvalue weighted by molar-refractivity contribution is 7.96. The lowest BCUT2D eigenvalue weighted by Gasteiger charge is -2.26. The zero-order valence-corrected chi connectivity index (χ0v) is 14.2. The minimum Gasteiger partial charge on any atom is -0.388 e. The molecule has 0 saturated carbocycles. The van der Waals surface area contributed by atoms with E-state index in [1.165, 1.54) is 0 Å². The maximum absolute atomic E-state index is 9.72. The van der Waals surface area contributed by atoms with Crippen LogP contribution in [0.25, 0.3) is 22.1 Å². The molecular weight excluding hydrogens is 312 g/mol. The number of anilines is 1. The molecule has 0 atom stereocenters. The Bertz CT molecular complexity index is 860. The van der Waals surface area contributed by atoms with Crippen molar-refractivity contribution < 1.29 is 5.11 Å². The van der Waals surface area contributed by atoms with Crippen molar-refractivity contribution in [2.24, 2.45) is 0 Å². The second-order valence-corrected chi connectivity index (χ2v) is 6.64. The third-order valence-corrected chi connectivity index (χ3v) is 4.37. The van der Waals surface area contributed by atoms with Gasteiger partial charge < -0.3 is 15.4 Å². The average molecular weight is 332 g/mol. The number of pyridine rings is 2. The molecule has 23 heavy (non-hydrogen) atoms. The molecule has 0 amide bonds. The van der Waals surface area contributed by atoms with Crippen molar-refractivity contribution in [3.8, 4) is 0 Å². The van der Waals surface area contributed by atoms with Crippen LogP contribution >= 0.6 is 11.9 Å². The van der Waals surface area contributed by atoms with Crippen molar-refractivity contribution in [2.45, 2.75) is 32.5 Å². The van der Waals surface area contributed by atoms with Crippen LogP contribution in [-0.4, -0.2) is 36.4 Å². The number of nitrogens with zero attached hydrogens (tertiary/aromatic N) is 4. The van der Waals surface area contributed by atoms with Gasteiger partial charge >= 0.3 is 0 Å². The zero-order chi connectivity index (χ0) is 16.6. The molecule has 3 aromatic rings. The Morgan fingerprint density at radius 1 is 1.35 bits per heavy atom. The van der Waals surface area contributed by atoms with Crippen molar-refractivity contribution in [1.82, 2.24) is 24.2 Å². The molecule has 0 aromatic carbocycles. The summed E-state index contributed by atoms with van der Waals surface area (Å²) in [5.74, 6) is 0.909. The van der Waals surface area contributed by atoms with Gasteiger partial charge in [-0.05, 0) is 32.2 Å². The van der Waals surface area contributed by atoms with E-state index in [0.717, 1.165) is 16.6 Å². The first-order valence-electron chi connectivity index (χ1n) is 7.27. The number of nitrogen functional groups attached to an aromatic ring is 1. The number of aromatic nitrogens is 4. The minimum absolute atomic E-state index is 0.169. The Balaban J connectivity index is 2.30. The molecule has 0 spiro atoms. The molecule has 4 N–H and O–H groups in total. The number of hydrogen-bond donors (Lipinski definition) is 3. The van der Waals surface area contributed by atoms with Gasteiger partial charge in [-0.3, -0.25) is 9.71 Å². The van der Waals surface area contributed by atoms with Gasteiger partial charge in [0.15, 0.2) is 5.82 Å². The molecule has 122 valence electrons. The maximum atomic E-state index is 9.72. The molecule has 0 aliphatic carbocycles. The average Bonchev–Trinajstić information content (AvgIpc) is 2.86. The minimum atomic E-state index is -0.198. The Labute approximate surface area is 138 Å². The van der Waals surface area contributed by atoms with Crippen LogP contribution in [0.15, 0.2) is 18.3 Å². The molecule has 3 rings (SSSR count). The summed E-state index contributed by atoms with van der Waals surface area (Å²) in [5, 5.41) is 9.72. The fraction of sp³-hybridized carbons (Fsp3) is 0.400. The van der Waals surface area contributed by atoms with Crippen molar-refractivity contribution in [3.05, 3.63) is 24.2 Å². The molecule has 0 saturated heterocycles. The summed E-state index contributed by atoms with van der Waals surface area (Å²) in [6.07, 6.45) is 3.71. The molecule has 8 heteroatoms. The molecule has 0 radical (unpaired) electrons. The van der Waals surface area contributed by atoms with Gasteiger partial charge in [0.05, 0.1) is 5.52 Å². The Kier molecular flexibility index (Phi) is 4.13. The van der Waals surface area contributed by atoms with E-state index < -0.39 is 0 Å². The summed E-state index contributed by atoms with van der Waals surface area (Å²) in [4.78, 5) is 13.3. The third-order valence-electron chi connectivity index (χ3n) is 3.61. The van der Waals surface area contributed by atoms with E-state index in [9.17, 15) is 5.11 Å². The number of fused-ring (bicyclic) bond motifs is 3. The highest BCUT2D eigenvalue weighted by Crippen LogP contribution is 2.28. The lowest BCUT2D eigenvalue weighted by molar-refractivity contribution is 0.261. The fourth-order valence-corrected chi connectivity index (χ4v) is 3.38. The van der Waals surface area contributed by atoms with Crippen molar-refractivity contribution in [2.75, 3.05) is 12.0 Å². The first kappa shape index (κ1) is 16.0. The van der Waals surface area contributed by atoms with E-state index in [0.29, 0.717) is 23.7 Å². The summed E-state index contributed by atoms with van der Waals surface area (Å²) in [5.41, 5.74) is 8.72. The van der Waals surface area contributed by atoms with Crippen LogP contribution in [0.1, 0.15) is 19.7 Å². The first-order valence-corrected chi connectivity index (χ1v) is 8.49. The van der Waals surface area contributed by atoms with Crippen molar-refractivity contribution in [1.29, 1.82) is 0 Å². The van der Waals surface area contributed by atoms with Gasteiger partial charge in [0.1, 0.15) is 29.0 Å². The van der Waals surface area contributed by atoms with Crippen LogP contribution in [0.2, 0.25) is 0 Å². The number of nitrogens with two attached hydrogens (primary N) is 1. The predicted octanol–water partition coefficient (Wildman–Crippen LogP) is 1.70. The van der Waals surface area contributed by atoms with Crippen LogP contribution in [0.5, 0.6) is 0 Å². The smallest absolute Gasteiger partial charge is 0.152 e. The van der Waals surface area contributed by atoms with Crippen LogP contribution in [0, 0.1) is 0 Å². The number of hydrogen-bond acceptors (Lipinski definition) is 7. The fourth-order valence-electron chi connectivity index (χ4n) is 2.76. The monoisotopic (exact) mass is 332 g/mol. The molecule has 0 unspecified atom stereocenters. The maximum Gasteiger partial charge on any atom is 0.152 e. The van der Waals surface area contributed by atoms with Crippen LogP contribution < -0.4 is 10.5 Å². The number of rotatable bonds is 5. The van der Waals surface area contributed by atoms with E-state index in [4.69, 9.17) is 5.73 Å². The Hall–Kier alpha value is -1.90. The summed E-state index contributed by atoms with van der Waals surface area (Å²) in [7, 11) is 0. The van der Waals surface area contributed by atoms with E-state index in [-0.39, 0.29) is 12.1 Å². The topological polar surface area (TPSA) is 102 Å². The summed E-state index contributed by atoms with van der Waals surface area (Å²) in [6.45, 7) is 4.64. The molecule has 0 fully saturated rings. The van der Waals surface area contributed by atoms with Gasteiger partial charge in [0, 0.05) is 18.3 Å². The number of aliphatic hydroxyl groups excluding tert-OH is 1. The van der Waals surface area contributed by atoms with Crippen LogP contribution in [0.3, 0.4) is 0 Å². The van der Waals surface area contributed by atoms with E-state index in [1.54, 1.807) is 18.1 Å². The molecule has 0 aliphatic heterocycles. The lowest BCUT2D eigenvalue weighted by Crippen LogP contribution is -2.39. The molecular formula is C15H20N6OS. The quantitative estimate of drug-likeness (QED) is 0.611. The predicted molar refractivity (Wildman–Crippen MR) is 93.9 cm³/mol. The van der Waals surface area contributed by atoms with E-state index >= 15 is 0 Å².